The average Bonchev–Trinajstić information content (AvgIpc) is 2.26. The minimum atomic E-state index is -0.962. The number of amides is 2. The average molecular weight is 238 g/mol. The molecule has 2 amide bonds. The van der Waals surface area contributed by atoms with E-state index in [2.05, 4.69) is 10.4 Å². The predicted octanol–water partition coefficient (Wildman–Crippen LogP) is 1.32. The molecule has 0 heterocycles. The number of benzene rings is 1. The van der Waals surface area contributed by atoms with Crippen LogP contribution in [0.1, 0.15) is 28.1 Å². The van der Waals surface area contributed by atoms with Gasteiger partial charge in [-0.1, -0.05) is 7.43 Å². The van der Waals surface area contributed by atoms with E-state index in [4.69, 9.17) is 11.5 Å². The first kappa shape index (κ1) is 14.4. The molecular weight excluding hydrogens is 228 g/mol. The Morgan fingerprint density at radius 2 is 1.18 bits per heavy atom. The molecule has 0 aliphatic carbocycles. The smallest absolute Gasteiger partial charge is 0.251 e. The number of primary amides is 2. The predicted molar refractivity (Wildman–Crippen MR) is 61.1 cm³/mol. The number of nitrogens with two attached hydrogens (primary N) is 2. The number of hydrogen-bond donors (Lipinski definition) is 2. The maximum absolute atomic E-state index is 10.9. The molecule has 0 spiro atoms. The van der Waals surface area contributed by atoms with Crippen LogP contribution < -0.4 is 11.5 Å². The lowest BCUT2D eigenvalue weighted by atomic mass is 10.1. The third-order valence-electron chi connectivity index (χ3n) is 1.86. The van der Waals surface area contributed by atoms with E-state index in [1.165, 1.54) is 0 Å². The second-order valence-corrected chi connectivity index (χ2v) is 2.77. The largest absolute Gasteiger partial charge is 0.366 e. The lowest BCUT2D eigenvalue weighted by Crippen LogP contribution is -2.14. The molecule has 0 saturated carbocycles. The Bertz CT molecular complexity index is 453. The molecule has 0 aliphatic heterocycles. The van der Waals surface area contributed by atoms with Gasteiger partial charge in [0, 0.05) is 0 Å². The summed E-state index contributed by atoms with van der Waals surface area (Å²) in [5, 5.41) is 4.91. The number of rotatable bonds is 4. The summed E-state index contributed by atoms with van der Waals surface area (Å²) in [6, 6.07) is 2.15. The summed E-state index contributed by atoms with van der Waals surface area (Å²) in [6.45, 7) is 0. The Balaban J connectivity index is 0.00000256. The van der Waals surface area contributed by atoms with Gasteiger partial charge in [-0.15, -0.1) is 9.81 Å². The van der Waals surface area contributed by atoms with E-state index in [1.807, 2.05) is 0 Å². The Hall–Kier alpha value is -2.64. The highest BCUT2D eigenvalue weighted by Gasteiger charge is 2.20. The molecule has 0 bridgehead atoms. The van der Waals surface area contributed by atoms with Crippen molar-refractivity contribution in [3.63, 3.8) is 0 Å². The Morgan fingerprint density at radius 3 is 1.35 bits per heavy atom. The Morgan fingerprint density at radius 1 is 0.882 bits per heavy atom. The van der Waals surface area contributed by atoms with Crippen molar-refractivity contribution in [1.82, 2.24) is 0 Å². The van der Waals surface area contributed by atoms with E-state index >= 15 is 0 Å². The molecule has 17 heavy (non-hydrogen) atoms. The third-order valence-corrected chi connectivity index (χ3v) is 1.86. The lowest BCUT2D eigenvalue weighted by molar-refractivity contribution is 0.0989. The van der Waals surface area contributed by atoms with Crippen molar-refractivity contribution in [2.24, 2.45) is 21.8 Å². The van der Waals surface area contributed by atoms with E-state index < -0.39 is 23.2 Å². The van der Waals surface area contributed by atoms with Crippen molar-refractivity contribution in [3.05, 3.63) is 33.1 Å². The van der Waals surface area contributed by atoms with Crippen molar-refractivity contribution < 1.29 is 9.59 Å². The van der Waals surface area contributed by atoms with Crippen LogP contribution in [-0.4, -0.2) is 11.8 Å². The van der Waals surface area contributed by atoms with Crippen LogP contribution in [0, 0.1) is 9.81 Å². The standard InChI is InChI=1S/C8H6N4O4.CH4/c9-7(13)3-1-2-4(8(10)14)6(12-16)5(3)11-15;/h1-2H,(H2,9,13)(H2,10,14);1H4. The maximum Gasteiger partial charge on any atom is 0.251 e. The fraction of sp³-hybridized carbons (Fsp3) is 0.111. The first-order chi connectivity index (χ1) is 7.52. The van der Waals surface area contributed by atoms with Crippen molar-refractivity contribution in [1.29, 1.82) is 0 Å². The fourth-order valence-electron chi connectivity index (χ4n) is 1.16. The summed E-state index contributed by atoms with van der Waals surface area (Å²) in [7, 11) is 0. The zero-order valence-corrected chi connectivity index (χ0v) is 7.84. The van der Waals surface area contributed by atoms with Crippen LogP contribution in [0.25, 0.3) is 0 Å². The molecule has 1 aromatic rings. The first-order valence-electron chi connectivity index (χ1n) is 3.96. The van der Waals surface area contributed by atoms with Gasteiger partial charge in [-0.2, -0.15) is 0 Å². The van der Waals surface area contributed by atoms with Crippen molar-refractivity contribution >= 4 is 23.2 Å². The summed E-state index contributed by atoms with van der Waals surface area (Å²) < 4.78 is 0. The molecule has 8 nitrogen and oxygen atoms in total. The van der Waals surface area contributed by atoms with Gasteiger partial charge in [0.25, 0.3) is 11.8 Å². The quantitative estimate of drug-likeness (QED) is 0.761. The van der Waals surface area contributed by atoms with Gasteiger partial charge in [0.2, 0.25) is 0 Å². The maximum atomic E-state index is 10.9. The normalized spacial score (nSPS) is 8.94. The molecule has 0 aliphatic rings. The van der Waals surface area contributed by atoms with Crippen LogP contribution in [0.15, 0.2) is 22.5 Å². The van der Waals surface area contributed by atoms with Gasteiger partial charge in [0.1, 0.15) is 0 Å². The van der Waals surface area contributed by atoms with Gasteiger partial charge in [-0.25, -0.2) is 0 Å². The number of carbonyl (C=O) groups excluding carboxylic acids is 2. The number of carbonyl (C=O) groups is 2. The summed E-state index contributed by atoms with van der Waals surface area (Å²) in [6.07, 6.45) is 0. The van der Waals surface area contributed by atoms with Crippen molar-refractivity contribution in [2.75, 3.05) is 0 Å². The van der Waals surface area contributed by atoms with E-state index in [0.717, 1.165) is 12.1 Å². The fourth-order valence-corrected chi connectivity index (χ4v) is 1.16. The van der Waals surface area contributed by atoms with E-state index in [-0.39, 0.29) is 18.6 Å². The highest BCUT2D eigenvalue weighted by Crippen LogP contribution is 2.34. The Kier molecular flexibility index (Phi) is 4.60. The highest BCUT2D eigenvalue weighted by atomic mass is 16.3. The molecule has 0 radical (unpaired) electrons. The van der Waals surface area contributed by atoms with Gasteiger partial charge in [-0.05, 0) is 22.5 Å². The molecule has 4 N–H and O–H groups in total. The lowest BCUT2D eigenvalue weighted by Gasteiger charge is -2.04. The second kappa shape index (κ2) is 5.45. The topological polar surface area (TPSA) is 145 Å². The molecule has 0 atom stereocenters. The summed E-state index contributed by atoms with van der Waals surface area (Å²) in [4.78, 5) is 42.7. The summed E-state index contributed by atoms with van der Waals surface area (Å²) >= 11 is 0. The van der Waals surface area contributed by atoms with Gasteiger partial charge < -0.3 is 11.5 Å². The van der Waals surface area contributed by atoms with E-state index in [9.17, 15) is 19.4 Å². The Labute approximate surface area is 95.9 Å². The van der Waals surface area contributed by atoms with Crippen molar-refractivity contribution in [3.8, 4) is 0 Å². The van der Waals surface area contributed by atoms with Gasteiger partial charge in [0.05, 0.1) is 11.1 Å². The van der Waals surface area contributed by atoms with Crippen LogP contribution in [0.4, 0.5) is 11.4 Å². The second-order valence-electron chi connectivity index (χ2n) is 2.77. The summed E-state index contributed by atoms with van der Waals surface area (Å²) in [5.74, 6) is -1.92. The number of hydrogen-bond acceptors (Lipinski definition) is 6. The minimum Gasteiger partial charge on any atom is -0.366 e. The van der Waals surface area contributed by atoms with Crippen LogP contribution in [-0.2, 0) is 0 Å². The number of nitroso groups, excluding NO2 is 2. The molecule has 0 fully saturated rings. The zero-order chi connectivity index (χ0) is 12.3. The van der Waals surface area contributed by atoms with Crippen LogP contribution >= 0.6 is 0 Å². The highest BCUT2D eigenvalue weighted by molar-refractivity contribution is 6.06. The third kappa shape index (κ3) is 2.48. The van der Waals surface area contributed by atoms with Crippen LogP contribution in [0.3, 0.4) is 0 Å². The van der Waals surface area contributed by atoms with Gasteiger partial charge in [-0.3, -0.25) is 9.59 Å². The monoisotopic (exact) mass is 238 g/mol. The van der Waals surface area contributed by atoms with E-state index in [1.54, 1.807) is 0 Å². The van der Waals surface area contributed by atoms with Crippen LogP contribution in [0.5, 0.6) is 0 Å². The molecule has 0 unspecified atom stereocenters. The van der Waals surface area contributed by atoms with Crippen LogP contribution in [0.2, 0.25) is 0 Å². The molecule has 0 saturated heterocycles. The van der Waals surface area contributed by atoms with Gasteiger partial charge >= 0.3 is 0 Å². The van der Waals surface area contributed by atoms with Gasteiger partial charge in [0.15, 0.2) is 11.4 Å². The molecule has 8 heteroatoms. The molecule has 0 aromatic heterocycles. The number of nitrogens with zero attached hydrogens (tertiary/aromatic N) is 2. The molecule has 1 rings (SSSR count). The van der Waals surface area contributed by atoms with E-state index in [0.29, 0.717) is 0 Å². The molecule has 1 aromatic carbocycles. The first-order valence-corrected chi connectivity index (χ1v) is 3.96. The minimum absolute atomic E-state index is 0. The summed E-state index contributed by atoms with van der Waals surface area (Å²) in [5.41, 5.74) is 8.12. The molecule has 90 valence electrons. The SMILES string of the molecule is C.NC(=O)c1ccc(C(N)=O)c(N=O)c1N=O. The molecular formula is C9H10N4O4. The zero-order valence-electron chi connectivity index (χ0n) is 7.84. The van der Waals surface area contributed by atoms with Crippen molar-refractivity contribution in [2.45, 2.75) is 7.43 Å².